The molecule has 1 aromatic rings. The molecule has 0 heterocycles. The molecular formula is C17H25NO3. The van der Waals surface area contributed by atoms with Crippen molar-refractivity contribution in [3.05, 3.63) is 35.9 Å². The molecule has 0 aromatic heterocycles. The van der Waals surface area contributed by atoms with E-state index in [1.54, 1.807) is 7.11 Å². The van der Waals surface area contributed by atoms with Gasteiger partial charge in [-0.15, -0.1) is 0 Å². The van der Waals surface area contributed by atoms with Crippen LogP contribution < -0.4 is 5.32 Å². The number of ether oxygens (including phenoxy) is 1. The molecule has 1 amide bonds. The van der Waals surface area contributed by atoms with Crippen molar-refractivity contribution in [2.75, 3.05) is 13.7 Å². The number of rotatable bonds is 8. The van der Waals surface area contributed by atoms with E-state index >= 15 is 0 Å². The molecule has 0 aliphatic heterocycles. The summed E-state index contributed by atoms with van der Waals surface area (Å²) in [5, 5.41) is 13.2. The van der Waals surface area contributed by atoms with E-state index in [0.717, 1.165) is 24.8 Å². The molecule has 1 fully saturated rings. The molecule has 1 aliphatic carbocycles. The largest absolute Gasteiger partial charge is 0.391 e. The van der Waals surface area contributed by atoms with Crippen LogP contribution in [0.2, 0.25) is 0 Å². The van der Waals surface area contributed by atoms with Gasteiger partial charge in [-0.25, -0.2) is 0 Å². The first-order valence-electron chi connectivity index (χ1n) is 7.59. The average Bonchev–Trinajstić information content (AvgIpc) is 3.27. The van der Waals surface area contributed by atoms with E-state index in [1.807, 2.05) is 37.3 Å². The number of methoxy groups -OCH3 is 1. The van der Waals surface area contributed by atoms with Crippen molar-refractivity contribution in [2.45, 2.75) is 44.8 Å². The zero-order valence-electron chi connectivity index (χ0n) is 12.8. The molecule has 1 saturated carbocycles. The standard InChI is InChI=1S/C17H25NO3/c1-13(15(19)12-14-6-4-3-5-7-14)18-16(20)17(8-9-17)10-11-21-2/h3-7,13,15,19H,8-12H2,1-2H3,(H,18,20). The molecule has 2 atom stereocenters. The van der Waals surface area contributed by atoms with Crippen LogP contribution in [-0.4, -0.2) is 36.9 Å². The van der Waals surface area contributed by atoms with Crippen LogP contribution in [-0.2, 0) is 16.0 Å². The van der Waals surface area contributed by atoms with Crippen molar-refractivity contribution in [3.8, 4) is 0 Å². The molecule has 0 saturated heterocycles. The molecule has 0 radical (unpaired) electrons. The predicted octanol–water partition coefficient (Wildman–Crippen LogP) is 1.91. The second kappa shape index (κ2) is 7.05. The zero-order valence-corrected chi connectivity index (χ0v) is 12.8. The average molecular weight is 291 g/mol. The van der Waals surface area contributed by atoms with Gasteiger partial charge in [-0.2, -0.15) is 0 Å². The third-order valence-electron chi connectivity index (χ3n) is 4.34. The first kappa shape index (κ1) is 16.0. The molecule has 2 rings (SSSR count). The summed E-state index contributed by atoms with van der Waals surface area (Å²) >= 11 is 0. The second-order valence-electron chi connectivity index (χ2n) is 6.04. The Bertz CT molecular complexity index is 456. The lowest BCUT2D eigenvalue weighted by Gasteiger charge is -2.23. The Morgan fingerprint density at radius 2 is 2.05 bits per heavy atom. The maximum atomic E-state index is 12.3. The van der Waals surface area contributed by atoms with Crippen LogP contribution in [0.1, 0.15) is 31.7 Å². The fourth-order valence-corrected chi connectivity index (χ4v) is 2.53. The van der Waals surface area contributed by atoms with Gasteiger partial charge < -0.3 is 15.2 Å². The summed E-state index contributed by atoms with van der Waals surface area (Å²) in [5.74, 6) is 0.0548. The van der Waals surface area contributed by atoms with Crippen LogP contribution >= 0.6 is 0 Å². The number of aliphatic hydroxyl groups excluding tert-OH is 1. The van der Waals surface area contributed by atoms with Gasteiger partial charge in [-0.1, -0.05) is 30.3 Å². The summed E-state index contributed by atoms with van der Waals surface area (Å²) in [5.41, 5.74) is 0.822. The van der Waals surface area contributed by atoms with Gasteiger partial charge in [0.15, 0.2) is 0 Å². The summed E-state index contributed by atoms with van der Waals surface area (Å²) in [6, 6.07) is 9.58. The van der Waals surface area contributed by atoms with Crippen molar-refractivity contribution in [1.82, 2.24) is 5.32 Å². The fourth-order valence-electron chi connectivity index (χ4n) is 2.53. The minimum atomic E-state index is -0.574. The number of amides is 1. The van der Waals surface area contributed by atoms with E-state index in [1.165, 1.54) is 0 Å². The Morgan fingerprint density at radius 1 is 1.38 bits per heavy atom. The summed E-state index contributed by atoms with van der Waals surface area (Å²) in [6.07, 6.45) is 2.58. The van der Waals surface area contributed by atoms with E-state index in [9.17, 15) is 9.90 Å². The number of aliphatic hydroxyl groups is 1. The molecule has 116 valence electrons. The normalized spacial score (nSPS) is 18.8. The van der Waals surface area contributed by atoms with Gasteiger partial charge in [-0.05, 0) is 31.7 Å². The molecule has 2 unspecified atom stereocenters. The summed E-state index contributed by atoms with van der Waals surface area (Å²) in [6.45, 7) is 2.46. The van der Waals surface area contributed by atoms with Gasteiger partial charge >= 0.3 is 0 Å². The SMILES string of the molecule is COCCC1(C(=O)NC(C)C(O)Cc2ccccc2)CC1. The van der Waals surface area contributed by atoms with Crippen LogP contribution in [0.3, 0.4) is 0 Å². The summed E-state index contributed by atoms with van der Waals surface area (Å²) in [7, 11) is 1.65. The van der Waals surface area contributed by atoms with Crippen LogP contribution in [0.5, 0.6) is 0 Å². The van der Waals surface area contributed by atoms with Crippen LogP contribution in [0.25, 0.3) is 0 Å². The summed E-state index contributed by atoms with van der Waals surface area (Å²) in [4.78, 5) is 12.3. The van der Waals surface area contributed by atoms with E-state index < -0.39 is 6.10 Å². The van der Waals surface area contributed by atoms with Crippen LogP contribution in [0.15, 0.2) is 30.3 Å². The van der Waals surface area contributed by atoms with E-state index in [0.29, 0.717) is 13.0 Å². The first-order chi connectivity index (χ1) is 10.1. The molecule has 4 heteroatoms. The maximum Gasteiger partial charge on any atom is 0.226 e. The Morgan fingerprint density at radius 3 is 2.62 bits per heavy atom. The Labute approximate surface area is 126 Å². The van der Waals surface area contributed by atoms with Gasteiger partial charge in [0.25, 0.3) is 0 Å². The van der Waals surface area contributed by atoms with Gasteiger partial charge in [0.1, 0.15) is 0 Å². The third kappa shape index (κ3) is 4.29. The molecule has 4 nitrogen and oxygen atoms in total. The number of hydrogen-bond donors (Lipinski definition) is 2. The van der Waals surface area contributed by atoms with Gasteiger partial charge in [0.2, 0.25) is 5.91 Å². The van der Waals surface area contributed by atoms with Crippen molar-refractivity contribution in [3.63, 3.8) is 0 Å². The van der Waals surface area contributed by atoms with E-state index in [2.05, 4.69) is 5.32 Å². The molecule has 2 N–H and O–H groups in total. The van der Waals surface area contributed by atoms with Gasteiger partial charge in [0, 0.05) is 20.1 Å². The Hall–Kier alpha value is -1.39. The minimum Gasteiger partial charge on any atom is -0.391 e. The number of carbonyl (C=O) groups is 1. The molecule has 0 spiro atoms. The highest BCUT2D eigenvalue weighted by atomic mass is 16.5. The number of nitrogens with one attached hydrogen (secondary N) is 1. The topological polar surface area (TPSA) is 58.6 Å². The predicted molar refractivity (Wildman–Crippen MR) is 81.9 cm³/mol. The zero-order chi connectivity index (χ0) is 15.3. The number of benzene rings is 1. The van der Waals surface area contributed by atoms with Crippen molar-refractivity contribution in [2.24, 2.45) is 5.41 Å². The Kier molecular flexibility index (Phi) is 5.37. The monoisotopic (exact) mass is 291 g/mol. The lowest BCUT2D eigenvalue weighted by molar-refractivity contribution is -0.128. The quantitative estimate of drug-likeness (QED) is 0.769. The number of hydrogen-bond acceptors (Lipinski definition) is 3. The lowest BCUT2D eigenvalue weighted by Crippen LogP contribution is -2.45. The molecule has 21 heavy (non-hydrogen) atoms. The second-order valence-corrected chi connectivity index (χ2v) is 6.04. The summed E-state index contributed by atoms with van der Waals surface area (Å²) < 4.78 is 5.07. The maximum absolute atomic E-state index is 12.3. The molecule has 0 bridgehead atoms. The highest BCUT2D eigenvalue weighted by molar-refractivity contribution is 5.85. The Balaban J connectivity index is 1.83. The molecule has 1 aliphatic rings. The first-order valence-corrected chi connectivity index (χ1v) is 7.59. The highest BCUT2D eigenvalue weighted by Crippen LogP contribution is 2.49. The highest BCUT2D eigenvalue weighted by Gasteiger charge is 2.49. The van der Waals surface area contributed by atoms with E-state index in [4.69, 9.17) is 4.74 Å². The fraction of sp³-hybridized carbons (Fsp3) is 0.588. The van der Waals surface area contributed by atoms with Gasteiger partial charge in [0.05, 0.1) is 17.6 Å². The third-order valence-corrected chi connectivity index (χ3v) is 4.34. The van der Waals surface area contributed by atoms with Crippen molar-refractivity contribution in [1.29, 1.82) is 0 Å². The van der Waals surface area contributed by atoms with Crippen LogP contribution in [0, 0.1) is 5.41 Å². The van der Waals surface area contributed by atoms with Crippen molar-refractivity contribution >= 4 is 5.91 Å². The van der Waals surface area contributed by atoms with Crippen LogP contribution in [0.4, 0.5) is 0 Å². The van der Waals surface area contributed by atoms with Gasteiger partial charge in [-0.3, -0.25) is 4.79 Å². The minimum absolute atomic E-state index is 0.0548. The smallest absolute Gasteiger partial charge is 0.226 e. The molecule has 1 aromatic carbocycles. The van der Waals surface area contributed by atoms with E-state index in [-0.39, 0.29) is 17.4 Å². The molecular weight excluding hydrogens is 266 g/mol. The lowest BCUT2D eigenvalue weighted by atomic mass is 9.99. The van der Waals surface area contributed by atoms with Crippen molar-refractivity contribution < 1.29 is 14.6 Å². The number of carbonyl (C=O) groups excluding carboxylic acids is 1.